The summed E-state index contributed by atoms with van der Waals surface area (Å²) in [7, 11) is 0. The summed E-state index contributed by atoms with van der Waals surface area (Å²) in [6.07, 6.45) is 3.64. The van der Waals surface area contributed by atoms with E-state index in [9.17, 15) is 4.79 Å². The van der Waals surface area contributed by atoms with Gasteiger partial charge in [0.25, 0.3) is 5.91 Å². The molecule has 2 aromatic heterocycles. The highest BCUT2D eigenvalue weighted by atomic mass is 32.2. The largest absolute Gasteiger partial charge is 0.467 e. The molecule has 4 nitrogen and oxygen atoms in total. The number of nitrogens with zero attached hydrogens (tertiary/aromatic N) is 2. The van der Waals surface area contributed by atoms with Crippen LogP contribution < -0.4 is 4.90 Å². The van der Waals surface area contributed by atoms with Gasteiger partial charge in [0.2, 0.25) is 0 Å². The number of thioether (sulfide) groups is 1. The van der Waals surface area contributed by atoms with Gasteiger partial charge in [-0.05, 0) is 67.6 Å². The number of anilines is 1. The first-order valence-corrected chi connectivity index (χ1v) is 11.0. The molecule has 0 radical (unpaired) electrons. The van der Waals surface area contributed by atoms with Crippen LogP contribution in [-0.2, 0) is 6.54 Å². The Kier molecular flexibility index (Phi) is 5.24. The Labute approximate surface area is 172 Å². The average molecular weight is 409 g/mol. The van der Waals surface area contributed by atoms with Gasteiger partial charge in [-0.2, -0.15) is 0 Å². The van der Waals surface area contributed by atoms with E-state index in [1.165, 1.54) is 5.56 Å². The topological polar surface area (TPSA) is 46.3 Å². The summed E-state index contributed by atoms with van der Waals surface area (Å²) in [5.41, 5.74) is 3.86. The van der Waals surface area contributed by atoms with E-state index in [0.717, 1.165) is 26.4 Å². The highest BCUT2D eigenvalue weighted by Crippen LogP contribution is 2.34. The van der Waals surface area contributed by atoms with Crippen molar-refractivity contribution in [2.24, 2.45) is 0 Å². The molecule has 142 valence electrons. The first-order valence-electron chi connectivity index (χ1n) is 8.92. The Morgan fingerprint density at radius 1 is 1.11 bits per heavy atom. The predicted octanol–water partition coefficient (Wildman–Crippen LogP) is 6.08. The van der Waals surface area contributed by atoms with E-state index < -0.39 is 0 Å². The van der Waals surface area contributed by atoms with Crippen molar-refractivity contribution in [2.75, 3.05) is 11.2 Å². The Hall–Kier alpha value is -2.57. The highest BCUT2D eigenvalue weighted by Gasteiger charge is 2.23. The maximum absolute atomic E-state index is 13.4. The van der Waals surface area contributed by atoms with Gasteiger partial charge >= 0.3 is 0 Å². The van der Waals surface area contributed by atoms with Gasteiger partial charge in [-0.25, -0.2) is 4.98 Å². The van der Waals surface area contributed by atoms with E-state index in [1.54, 1.807) is 34.3 Å². The van der Waals surface area contributed by atoms with Crippen LogP contribution in [0.3, 0.4) is 0 Å². The molecule has 0 aliphatic heterocycles. The van der Waals surface area contributed by atoms with Gasteiger partial charge in [0, 0.05) is 10.5 Å². The zero-order valence-corrected chi connectivity index (χ0v) is 17.6. The van der Waals surface area contributed by atoms with Crippen LogP contribution in [0.15, 0.2) is 64.1 Å². The maximum atomic E-state index is 13.4. The molecule has 28 heavy (non-hydrogen) atoms. The number of hydrogen-bond donors (Lipinski definition) is 0. The lowest BCUT2D eigenvalue weighted by Crippen LogP contribution is -2.30. The molecule has 4 aromatic rings. The molecule has 0 bridgehead atoms. The van der Waals surface area contributed by atoms with Crippen LogP contribution in [0.4, 0.5) is 5.13 Å². The third kappa shape index (κ3) is 3.57. The van der Waals surface area contributed by atoms with Crippen molar-refractivity contribution in [1.82, 2.24) is 4.98 Å². The second-order valence-electron chi connectivity index (χ2n) is 6.57. The molecule has 0 unspecified atom stereocenters. The summed E-state index contributed by atoms with van der Waals surface area (Å²) in [6, 6.07) is 15.5. The Balaban J connectivity index is 1.78. The van der Waals surface area contributed by atoms with Crippen molar-refractivity contribution in [3.05, 3.63) is 77.2 Å². The molecular weight excluding hydrogens is 388 g/mol. The van der Waals surface area contributed by atoms with Crippen molar-refractivity contribution in [2.45, 2.75) is 25.3 Å². The Morgan fingerprint density at radius 3 is 2.50 bits per heavy atom. The van der Waals surface area contributed by atoms with Crippen molar-refractivity contribution < 1.29 is 9.21 Å². The number of hydrogen-bond acceptors (Lipinski definition) is 5. The minimum Gasteiger partial charge on any atom is -0.467 e. The maximum Gasteiger partial charge on any atom is 0.260 e. The van der Waals surface area contributed by atoms with E-state index >= 15 is 0 Å². The van der Waals surface area contributed by atoms with E-state index in [2.05, 4.69) is 19.1 Å². The quantitative estimate of drug-likeness (QED) is 0.376. The number of aromatic nitrogens is 1. The highest BCUT2D eigenvalue weighted by molar-refractivity contribution is 7.98. The smallest absolute Gasteiger partial charge is 0.260 e. The number of rotatable bonds is 5. The van der Waals surface area contributed by atoms with E-state index in [4.69, 9.17) is 9.40 Å². The van der Waals surface area contributed by atoms with Crippen molar-refractivity contribution in [3.63, 3.8) is 0 Å². The zero-order chi connectivity index (χ0) is 19.7. The van der Waals surface area contributed by atoms with Crippen LogP contribution in [0.5, 0.6) is 0 Å². The number of fused-ring (bicyclic) bond motifs is 1. The normalized spacial score (nSPS) is 11.1. The molecule has 0 saturated heterocycles. The summed E-state index contributed by atoms with van der Waals surface area (Å²) >= 11 is 3.20. The average Bonchev–Trinajstić information content (AvgIpc) is 3.39. The Bertz CT molecular complexity index is 1080. The number of aryl methyl sites for hydroxylation is 2. The molecule has 0 N–H and O–H groups in total. The molecule has 0 spiro atoms. The molecular formula is C22H20N2O2S2. The van der Waals surface area contributed by atoms with E-state index in [-0.39, 0.29) is 5.91 Å². The summed E-state index contributed by atoms with van der Waals surface area (Å²) in [4.78, 5) is 21.0. The fraction of sp³-hybridized carbons (Fsp3) is 0.182. The van der Waals surface area contributed by atoms with Gasteiger partial charge in [0.05, 0.1) is 23.0 Å². The fourth-order valence-electron chi connectivity index (χ4n) is 3.04. The van der Waals surface area contributed by atoms with Gasteiger partial charge in [-0.3, -0.25) is 9.69 Å². The molecule has 2 heterocycles. The van der Waals surface area contributed by atoms with Crippen LogP contribution in [0.25, 0.3) is 10.2 Å². The molecule has 0 fully saturated rings. The summed E-state index contributed by atoms with van der Waals surface area (Å²) < 4.78 is 6.62. The van der Waals surface area contributed by atoms with Crippen LogP contribution in [0.2, 0.25) is 0 Å². The minimum atomic E-state index is -0.0848. The molecule has 0 saturated carbocycles. The second-order valence-corrected chi connectivity index (χ2v) is 8.43. The molecule has 6 heteroatoms. The van der Waals surface area contributed by atoms with Gasteiger partial charge in [0.15, 0.2) is 5.13 Å². The van der Waals surface area contributed by atoms with Gasteiger partial charge < -0.3 is 4.42 Å². The predicted molar refractivity (Wildman–Crippen MR) is 117 cm³/mol. The van der Waals surface area contributed by atoms with Crippen molar-refractivity contribution >= 4 is 44.4 Å². The fourth-order valence-corrected chi connectivity index (χ4v) is 4.56. The minimum absolute atomic E-state index is 0.0848. The third-order valence-corrected chi connectivity index (χ3v) is 6.60. The monoisotopic (exact) mass is 408 g/mol. The molecule has 0 aliphatic carbocycles. The number of carbonyl (C=O) groups is 1. The van der Waals surface area contributed by atoms with Crippen LogP contribution in [0.1, 0.15) is 27.2 Å². The molecule has 2 aromatic carbocycles. The van der Waals surface area contributed by atoms with E-state index in [1.807, 2.05) is 49.6 Å². The first kappa shape index (κ1) is 18.8. The van der Waals surface area contributed by atoms with E-state index in [0.29, 0.717) is 17.2 Å². The van der Waals surface area contributed by atoms with Gasteiger partial charge in [0.1, 0.15) is 5.76 Å². The summed E-state index contributed by atoms with van der Waals surface area (Å²) in [5, 5.41) is 0.683. The number of benzene rings is 2. The SMILES string of the molecule is CSc1ccc(C(=O)N(Cc2ccco2)c2nc3c(C)ccc(C)c3s2)cc1. The third-order valence-electron chi connectivity index (χ3n) is 4.64. The van der Waals surface area contributed by atoms with Crippen LogP contribution >= 0.6 is 23.1 Å². The zero-order valence-electron chi connectivity index (χ0n) is 15.9. The van der Waals surface area contributed by atoms with Gasteiger partial charge in [-0.1, -0.05) is 23.5 Å². The molecule has 1 amide bonds. The first-order chi connectivity index (χ1) is 13.6. The van der Waals surface area contributed by atoms with Gasteiger partial charge in [-0.15, -0.1) is 11.8 Å². The lowest BCUT2D eigenvalue weighted by Gasteiger charge is -2.19. The number of furan rings is 1. The Morgan fingerprint density at radius 2 is 1.86 bits per heavy atom. The number of amides is 1. The molecule has 4 rings (SSSR count). The lowest BCUT2D eigenvalue weighted by molar-refractivity contribution is 0.0983. The molecule has 0 atom stereocenters. The number of thiazole rings is 1. The van der Waals surface area contributed by atoms with Crippen molar-refractivity contribution in [1.29, 1.82) is 0 Å². The lowest BCUT2D eigenvalue weighted by atomic mass is 10.1. The molecule has 0 aliphatic rings. The number of carbonyl (C=O) groups excluding carboxylic acids is 1. The second kappa shape index (κ2) is 7.81. The standard InChI is InChI=1S/C22H20N2O2S2/c1-14-6-7-15(2)20-19(14)23-22(28-20)24(13-17-5-4-12-26-17)21(25)16-8-10-18(27-3)11-9-16/h4-12H,13H2,1-3H3. The van der Waals surface area contributed by atoms with Crippen LogP contribution in [0, 0.1) is 13.8 Å². The van der Waals surface area contributed by atoms with Crippen molar-refractivity contribution in [3.8, 4) is 0 Å². The van der Waals surface area contributed by atoms with Crippen LogP contribution in [-0.4, -0.2) is 17.1 Å². The summed E-state index contributed by atoms with van der Waals surface area (Å²) in [5.74, 6) is 0.639. The summed E-state index contributed by atoms with van der Waals surface area (Å²) in [6.45, 7) is 4.46.